The molecule has 19 N–H and O–H groups in total. The molecule has 9 atom stereocenters. The largest absolute Gasteiger partial charge is 0.394 e. The molecule has 35 heteroatoms. The number of primary amides is 2. The zero-order chi connectivity index (χ0) is 70.0. The van der Waals surface area contributed by atoms with Gasteiger partial charge in [-0.3, -0.25) is 67.1 Å². The normalized spacial score (nSPS) is 14.0. The number of unbranched alkanes of at least 4 members (excludes halogenated alkanes) is 1. The van der Waals surface area contributed by atoms with Gasteiger partial charge in [-0.05, 0) is 82.7 Å². The molecule has 94 heavy (non-hydrogen) atoms. The monoisotopic (exact) mass is 1360 g/mol. The van der Waals surface area contributed by atoms with Gasteiger partial charge in [-0.1, -0.05) is 45.4 Å². The molecule has 0 bridgehead atoms. The minimum absolute atomic E-state index is 0.0574. The van der Waals surface area contributed by atoms with Crippen molar-refractivity contribution in [2.75, 3.05) is 64.6 Å². The lowest BCUT2D eigenvalue weighted by molar-refractivity contribution is -0.135. The van der Waals surface area contributed by atoms with Gasteiger partial charge in [0.15, 0.2) is 0 Å². The van der Waals surface area contributed by atoms with Crippen LogP contribution in [-0.4, -0.2) is 227 Å². The highest BCUT2D eigenvalue weighted by Crippen LogP contribution is 2.20. The molecule has 0 saturated carbocycles. The van der Waals surface area contributed by atoms with Crippen LogP contribution in [0.4, 0.5) is 0 Å². The number of thiol groups is 1. The van der Waals surface area contributed by atoms with Crippen molar-refractivity contribution in [1.82, 2.24) is 83.7 Å². The summed E-state index contributed by atoms with van der Waals surface area (Å²) >= 11 is 5.54. The van der Waals surface area contributed by atoms with Crippen molar-refractivity contribution in [3.05, 3.63) is 54.2 Å². The number of carbonyl (C=O) groups is 14. The lowest BCUT2D eigenvalue weighted by Gasteiger charge is -2.26. The maximum absolute atomic E-state index is 14.3. The highest BCUT2D eigenvalue weighted by atomic mass is 32.2. The SMILES string of the molecule is CCC[C@H](NC(=O)[C@H](Cc1cnc[nH]1)NC(=O)CNC(=O)[C@@H](NC(=O)[C@H](C)NC(=O)[C@H](Cc1c[nH]c2ccccc12)NC(=O)[C@H](CCC(N)=O)NC(=O)CCCCNC(=O)CNC(=O)[C@H](CS)NC(=O)[C@H](CO)NC(=O)CN(C)C)C(C)C)C(=O)N[C@@H](CCSC)C(N)=O. The van der Waals surface area contributed by atoms with Crippen LogP contribution in [0.2, 0.25) is 0 Å². The molecule has 1 aromatic carbocycles. The number of thioether (sulfide) groups is 1. The Kier molecular flexibility index (Phi) is 35.2. The molecule has 520 valence electrons. The van der Waals surface area contributed by atoms with Gasteiger partial charge < -0.3 is 95.2 Å². The summed E-state index contributed by atoms with van der Waals surface area (Å²) in [5.74, 6) is -10.8. The number of hydrogen-bond donors (Lipinski definition) is 18. The van der Waals surface area contributed by atoms with Gasteiger partial charge in [0.25, 0.3) is 0 Å². The highest BCUT2D eigenvalue weighted by Gasteiger charge is 2.34. The molecule has 3 rings (SSSR count). The minimum Gasteiger partial charge on any atom is -0.394 e. The van der Waals surface area contributed by atoms with E-state index in [9.17, 15) is 72.2 Å². The number of rotatable bonds is 44. The fraction of sp³-hybridized carbons (Fsp3) is 0.576. The molecule has 33 nitrogen and oxygen atoms in total. The number of fused-ring (bicyclic) bond motifs is 1. The molecule has 3 aromatic rings. The first-order chi connectivity index (χ1) is 44.6. The van der Waals surface area contributed by atoms with Crippen molar-refractivity contribution >= 4 is 118 Å². The average Bonchev–Trinajstić information content (AvgIpc) is 1.67. The van der Waals surface area contributed by atoms with E-state index in [4.69, 9.17) is 11.5 Å². The smallest absolute Gasteiger partial charge is 0.245 e. The number of nitrogens with two attached hydrogens (primary N) is 2. The standard InChI is InChI=1S/C59H92N18O15S2/c1-8-13-39(54(87)72-38(51(61)84)19-21-94-7)73-57(90)42(23-35-25-62-31-67-35)70-48(82)27-66-59(92)50(32(2)3)76-52(85)33(4)68-56(89)41(22-34-24-64-37-15-10-9-14-36(34)37)74-55(88)40(17-18-45(60)79)69-46(80)16-11-12-20-63-47(81)26-65-53(86)44(30-93)75-58(91)43(29-78)71-49(83)28-77(5)6/h9-10,14-15,24-25,31-33,38-44,50,64,78,93H,8,11-13,16-23,26-30H2,1-7H3,(H2,60,79)(H2,61,84)(H,62,67)(H,63,81)(H,65,86)(H,66,92)(H,68,89)(H,69,80)(H,70,82)(H,71,83)(H,72,87)(H,73,90)(H,74,88)(H,75,91)(H,76,85)/t33-,38-,39-,40-,41-,42-,43-,44-,50-/m0/s1. The van der Waals surface area contributed by atoms with Crippen LogP contribution in [0, 0.1) is 5.92 Å². The summed E-state index contributed by atoms with van der Waals surface area (Å²) in [5.41, 5.74) is 12.7. The molecule has 0 aliphatic rings. The fourth-order valence-electron chi connectivity index (χ4n) is 9.17. The maximum atomic E-state index is 14.3. The quantitative estimate of drug-likeness (QED) is 0.0186. The number of H-pyrrole nitrogens is 2. The second-order valence-corrected chi connectivity index (χ2v) is 24.1. The molecular weight excluding hydrogens is 1260 g/mol. The number of nitrogens with zero attached hydrogens (tertiary/aromatic N) is 2. The molecule has 0 spiro atoms. The van der Waals surface area contributed by atoms with Crippen LogP contribution in [0.15, 0.2) is 43.0 Å². The van der Waals surface area contributed by atoms with Crippen LogP contribution in [0.1, 0.15) is 90.3 Å². The Morgan fingerprint density at radius 1 is 0.606 bits per heavy atom. The number of aromatic nitrogens is 3. The minimum atomic E-state index is -1.42. The van der Waals surface area contributed by atoms with Crippen molar-refractivity contribution in [2.45, 2.75) is 146 Å². The molecular formula is C59H92N18O15S2. The van der Waals surface area contributed by atoms with E-state index in [0.717, 1.165) is 0 Å². The lowest BCUT2D eigenvalue weighted by Crippen LogP contribution is -2.59. The van der Waals surface area contributed by atoms with Crippen LogP contribution < -0.4 is 75.3 Å². The van der Waals surface area contributed by atoms with E-state index >= 15 is 0 Å². The summed E-state index contributed by atoms with van der Waals surface area (Å²) in [4.78, 5) is 196. The number of aromatic amines is 2. The maximum Gasteiger partial charge on any atom is 0.245 e. The first kappa shape index (κ1) is 79.4. The second-order valence-electron chi connectivity index (χ2n) is 22.7. The van der Waals surface area contributed by atoms with E-state index in [1.165, 1.54) is 31.2 Å². The highest BCUT2D eigenvalue weighted by molar-refractivity contribution is 7.98. The van der Waals surface area contributed by atoms with E-state index in [2.05, 4.69) is 91.4 Å². The van der Waals surface area contributed by atoms with Gasteiger partial charge in [-0.25, -0.2) is 4.98 Å². The van der Waals surface area contributed by atoms with Crippen LogP contribution >= 0.6 is 24.4 Å². The van der Waals surface area contributed by atoms with Gasteiger partial charge in [0.1, 0.15) is 54.4 Å². The van der Waals surface area contributed by atoms with E-state index in [1.54, 1.807) is 70.2 Å². The number of hydrogen-bond acceptors (Lipinski definition) is 19. The molecule has 0 aliphatic carbocycles. The van der Waals surface area contributed by atoms with Crippen LogP contribution in [0.5, 0.6) is 0 Å². The molecule has 0 aliphatic heterocycles. The molecule has 0 fully saturated rings. The molecule has 0 saturated heterocycles. The number of carbonyl (C=O) groups excluding carboxylic acids is 14. The number of likely N-dealkylation sites (N-methyl/N-ethyl adjacent to an activating group) is 1. The zero-order valence-electron chi connectivity index (χ0n) is 53.9. The Bertz CT molecular complexity index is 3060. The number of aliphatic hydroxyl groups is 1. The van der Waals surface area contributed by atoms with E-state index in [1.807, 2.05) is 6.26 Å². The fourth-order valence-corrected chi connectivity index (χ4v) is 9.90. The third-order valence-corrected chi connectivity index (χ3v) is 15.3. The zero-order valence-corrected chi connectivity index (χ0v) is 55.6. The average molecular weight is 1360 g/mol. The Hall–Kier alpha value is -8.83. The molecule has 0 radical (unpaired) electrons. The number of aliphatic hydroxyl groups excluding tert-OH is 1. The van der Waals surface area contributed by atoms with Crippen molar-refractivity contribution in [3.63, 3.8) is 0 Å². The van der Waals surface area contributed by atoms with Gasteiger partial charge in [-0.2, -0.15) is 24.4 Å². The van der Waals surface area contributed by atoms with E-state index in [0.29, 0.717) is 34.3 Å². The summed E-state index contributed by atoms with van der Waals surface area (Å²) in [6.07, 6.45) is 6.56. The first-order valence-corrected chi connectivity index (χ1v) is 32.6. The number of benzene rings is 1. The van der Waals surface area contributed by atoms with Crippen molar-refractivity contribution in [1.29, 1.82) is 0 Å². The van der Waals surface area contributed by atoms with Gasteiger partial charge in [-0.15, -0.1) is 0 Å². The van der Waals surface area contributed by atoms with Crippen LogP contribution in [-0.2, 0) is 80.0 Å². The lowest BCUT2D eigenvalue weighted by atomic mass is 10.0. The second kappa shape index (κ2) is 41.7. The van der Waals surface area contributed by atoms with Crippen LogP contribution in [0.25, 0.3) is 10.9 Å². The summed E-state index contributed by atoms with van der Waals surface area (Å²) in [6, 6.07) is -4.29. The Morgan fingerprint density at radius 3 is 1.81 bits per heavy atom. The summed E-state index contributed by atoms with van der Waals surface area (Å²) in [5, 5.41) is 40.8. The predicted molar refractivity (Wildman–Crippen MR) is 350 cm³/mol. The molecule has 14 amide bonds. The van der Waals surface area contributed by atoms with Gasteiger partial charge >= 0.3 is 0 Å². The third-order valence-electron chi connectivity index (χ3n) is 14.3. The van der Waals surface area contributed by atoms with E-state index in [-0.39, 0.29) is 76.6 Å². The van der Waals surface area contributed by atoms with Crippen LogP contribution in [0.3, 0.4) is 0 Å². The molecule has 2 aromatic heterocycles. The molecule has 2 heterocycles. The Morgan fingerprint density at radius 2 is 1.19 bits per heavy atom. The number of amides is 14. The topological polar surface area (TPSA) is 503 Å². The Labute approximate surface area is 554 Å². The van der Waals surface area contributed by atoms with Crippen molar-refractivity contribution < 1.29 is 72.2 Å². The van der Waals surface area contributed by atoms with E-state index < -0.39 is 163 Å². The number of nitrogens with one attached hydrogen (secondary N) is 14. The number of para-hydroxylation sites is 1. The summed E-state index contributed by atoms with van der Waals surface area (Å²) in [6.45, 7) is 4.44. The third kappa shape index (κ3) is 28.6. The van der Waals surface area contributed by atoms with Gasteiger partial charge in [0.05, 0.1) is 32.6 Å². The molecule has 0 unspecified atom stereocenters. The Balaban J connectivity index is 1.65. The summed E-state index contributed by atoms with van der Waals surface area (Å²) in [7, 11) is 3.27. The summed E-state index contributed by atoms with van der Waals surface area (Å²) < 4.78 is 0. The predicted octanol–water partition coefficient (Wildman–Crippen LogP) is -4.98. The van der Waals surface area contributed by atoms with Gasteiger partial charge in [0.2, 0.25) is 82.7 Å². The number of imidazole rings is 1. The first-order valence-electron chi connectivity index (χ1n) is 30.6. The van der Waals surface area contributed by atoms with Crippen molar-refractivity contribution in [3.8, 4) is 0 Å². The van der Waals surface area contributed by atoms with Gasteiger partial charge in [0, 0.05) is 67.0 Å². The van der Waals surface area contributed by atoms with Crippen molar-refractivity contribution in [2.24, 2.45) is 17.4 Å².